The largest absolute Gasteiger partial charge is 0.481 e. The lowest BCUT2D eigenvalue weighted by atomic mass is 9.92. The fourth-order valence-corrected chi connectivity index (χ4v) is 2.04. The van der Waals surface area contributed by atoms with E-state index in [1.54, 1.807) is 6.07 Å². The lowest BCUT2D eigenvalue weighted by Crippen LogP contribution is -2.14. The van der Waals surface area contributed by atoms with E-state index in [4.69, 9.17) is 5.73 Å². The third-order valence-corrected chi connectivity index (χ3v) is 3.11. The minimum absolute atomic E-state index is 0.0413. The fraction of sp³-hybridized carbons (Fsp3) is 0.500. The molecule has 1 aromatic carbocycles. The molecule has 0 aliphatic rings. The average molecular weight is 253 g/mol. The van der Waals surface area contributed by atoms with E-state index >= 15 is 0 Å². The summed E-state index contributed by atoms with van der Waals surface area (Å²) < 4.78 is 13.3. The molecule has 0 saturated carbocycles. The Morgan fingerprint density at radius 3 is 2.72 bits per heavy atom. The molecule has 1 unspecified atom stereocenters. The monoisotopic (exact) mass is 253 g/mol. The smallest absolute Gasteiger partial charge is 0.311 e. The lowest BCUT2D eigenvalue weighted by Gasteiger charge is -2.15. The van der Waals surface area contributed by atoms with Gasteiger partial charge in [0.15, 0.2) is 0 Å². The molecule has 0 saturated heterocycles. The molecule has 0 aliphatic heterocycles. The number of carbonyl (C=O) groups is 1. The first-order valence-corrected chi connectivity index (χ1v) is 6.34. The zero-order chi connectivity index (χ0) is 13.5. The molecule has 1 atom stereocenters. The van der Waals surface area contributed by atoms with E-state index in [9.17, 15) is 14.3 Å². The van der Waals surface area contributed by atoms with E-state index in [1.807, 2.05) is 0 Å². The molecule has 0 aromatic heterocycles. The van der Waals surface area contributed by atoms with Crippen LogP contribution in [0, 0.1) is 5.82 Å². The number of nitrogens with two attached hydrogens (primary N) is 1. The van der Waals surface area contributed by atoms with E-state index in [-0.39, 0.29) is 5.69 Å². The summed E-state index contributed by atoms with van der Waals surface area (Å²) in [5.74, 6) is -2.20. The maximum Gasteiger partial charge on any atom is 0.311 e. The highest BCUT2D eigenvalue weighted by Gasteiger charge is 2.22. The number of hydrogen-bond acceptors (Lipinski definition) is 2. The standard InChI is InChI=1S/C14H20FNO2/c1-2-3-4-5-7-11(14(17)18)10-8-6-9-12(15)13(10)16/h6,8-9,11H,2-5,7,16H2,1H3,(H,17,18). The molecule has 0 amide bonds. The van der Waals surface area contributed by atoms with Crippen LogP contribution in [0.25, 0.3) is 0 Å². The van der Waals surface area contributed by atoms with Crippen LogP contribution in [-0.2, 0) is 4.79 Å². The topological polar surface area (TPSA) is 63.3 Å². The van der Waals surface area contributed by atoms with Crippen molar-refractivity contribution in [3.05, 3.63) is 29.6 Å². The number of benzene rings is 1. The van der Waals surface area contributed by atoms with Crippen LogP contribution in [0.1, 0.15) is 50.5 Å². The second-order valence-corrected chi connectivity index (χ2v) is 4.48. The maximum absolute atomic E-state index is 13.3. The van der Waals surface area contributed by atoms with Gasteiger partial charge in [-0.1, -0.05) is 44.7 Å². The summed E-state index contributed by atoms with van der Waals surface area (Å²) in [6, 6.07) is 4.34. The number of aliphatic carboxylic acids is 1. The number of hydrogen-bond donors (Lipinski definition) is 2. The molecular formula is C14H20FNO2. The Balaban J connectivity index is 2.78. The van der Waals surface area contributed by atoms with Crippen molar-refractivity contribution in [1.29, 1.82) is 0 Å². The summed E-state index contributed by atoms with van der Waals surface area (Å²) in [7, 11) is 0. The third-order valence-electron chi connectivity index (χ3n) is 3.11. The number of rotatable bonds is 7. The van der Waals surface area contributed by atoms with Gasteiger partial charge in [0.2, 0.25) is 0 Å². The van der Waals surface area contributed by atoms with Gasteiger partial charge in [-0.25, -0.2) is 4.39 Å². The molecule has 3 N–H and O–H groups in total. The van der Waals surface area contributed by atoms with E-state index in [1.165, 1.54) is 12.1 Å². The summed E-state index contributed by atoms with van der Waals surface area (Å²) in [4.78, 5) is 11.2. The van der Waals surface area contributed by atoms with E-state index in [2.05, 4.69) is 6.92 Å². The molecule has 0 spiro atoms. The van der Waals surface area contributed by atoms with Crippen LogP contribution in [0.4, 0.5) is 10.1 Å². The highest BCUT2D eigenvalue weighted by Crippen LogP contribution is 2.29. The summed E-state index contributed by atoms with van der Waals surface area (Å²) >= 11 is 0. The minimum Gasteiger partial charge on any atom is -0.481 e. The molecular weight excluding hydrogens is 233 g/mol. The van der Waals surface area contributed by atoms with Gasteiger partial charge in [-0.05, 0) is 18.1 Å². The molecule has 0 fully saturated rings. The predicted molar refractivity (Wildman–Crippen MR) is 69.9 cm³/mol. The molecule has 3 nitrogen and oxygen atoms in total. The molecule has 1 rings (SSSR count). The van der Waals surface area contributed by atoms with Crippen molar-refractivity contribution in [2.24, 2.45) is 0 Å². The Morgan fingerprint density at radius 1 is 1.39 bits per heavy atom. The van der Waals surface area contributed by atoms with Gasteiger partial charge in [0.1, 0.15) is 5.82 Å². The number of unbranched alkanes of at least 4 members (excludes halogenated alkanes) is 3. The van der Waals surface area contributed by atoms with Crippen LogP contribution in [0.5, 0.6) is 0 Å². The van der Waals surface area contributed by atoms with Crippen LogP contribution in [0.15, 0.2) is 18.2 Å². The molecule has 0 bridgehead atoms. The highest BCUT2D eigenvalue weighted by molar-refractivity contribution is 5.78. The maximum atomic E-state index is 13.3. The molecule has 1 aromatic rings. The first-order valence-electron chi connectivity index (χ1n) is 6.34. The molecule has 4 heteroatoms. The summed E-state index contributed by atoms with van der Waals surface area (Å²) in [6.45, 7) is 2.10. The van der Waals surface area contributed by atoms with Gasteiger partial charge >= 0.3 is 5.97 Å². The van der Waals surface area contributed by atoms with Crippen LogP contribution in [0.2, 0.25) is 0 Å². The SMILES string of the molecule is CCCCCCC(C(=O)O)c1cccc(F)c1N. The molecule has 18 heavy (non-hydrogen) atoms. The van der Waals surface area contributed by atoms with Crippen LogP contribution in [-0.4, -0.2) is 11.1 Å². The van der Waals surface area contributed by atoms with Crippen molar-refractivity contribution < 1.29 is 14.3 Å². The number of para-hydroxylation sites is 1. The molecule has 0 heterocycles. The Hall–Kier alpha value is -1.58. The number of halogens is 1. The quantitative estimate of drug-likeness (QED) is 0.577. The Bertz CT molecular complexity index is 407. The van der Waals surface area contributed by atoms with E-state index in [0.29, 0.717) is 12.0 Å². The van der Waals surface area contributed by atoms with Gasteiger partial charge in [-0.2, -0.15) is 0 Å². The van der Waals surface area contributed by atoms with E-state index in [0.717, 1.165) is 25.7 Å². The van der Waals surface area contributed by atoms with Crippen molar-refractivity contribution >= 4 is 11.7 Å². The van der Waals surface area contributed by atoms with Crippen LogP contribution in [0.3, 0.4) is 0 Å². The normalized spacial score (nSPS) is 12.3. The zero-order valence-corrected chi connectivity index (χ0v) is 10.7. The summed E-state index contributed by atoms with van der Waals surface area (Å²) in [6.07, 6.45) is 4.50. The van der Waals surface area contributed by atoms with Crippen molar-refractivity contribution in [2.45, 2.75) is 44.9 Å². The average Bonchev–Trinajstić information content (AvgIpc) is 2.33. The molecule has 0 aliphatic carbocycles. The van der Waals surface area contributed by atoms with Gasteiger partial charge in [0.05, 0.1) is 11.6 Å². The molecule has 100 valence electrons. The Morgan fingerprint density at radius 2 is 2.11 bits per heavy atom. The van der Waals surface area contributed by atoms with E-state index < -0.39 is 17.7 Å². The molecule has 0 radical (unpaired) electrons. The minimum atomic E-state index is -0.941. The fourth-order valence-electron chi connectivity index (χ4n) is 2.04. The third kappa shape index (κ3) is 3.72. The number of carboxylic acid groups (broad SMARTS) is 1. The van der Waals surface area contributed by atoms with Gasteiger partial charge in [-0.15, -0.1) is 0 Å². The number of carboxylic acids is 1. The van der Waals surface area contributed by atoms with Crippen molar-refractivity contribution in [3.63, 3.8) is 0 Å². The second-order valence-electron chi connectivity index (χ2n) is 4.48. The van der Waals surface area contributed by atoms with Crippen LogP contribution < -0.4 is 5.73 Å². The summed E-state index contributed by atoms with van der Waals surface area (Å²) in [5, 5.41) is 9.22. The van der Waals surface area contributed by atoms with Crippen LogP contribution >= 0.6 is 0 Å². The van der Waals surface area contributed by atoms with Gasteiger partial charge in [0, 0.05) is 0 Å². The van der Waals surface area contributed by atoms with Gasteiger partial charge < -0.3 is 10.8 Å². The van der Waals surface area contributed by atoms with Crippen molar-refractivity contribution in [1.82, 2.24) is 0 Å². The first-order chi connectivity index (χ1) is 8.57. The zero-order valence-electron chi connectivity index (χ0n) is 10.7. The number of anilines is 1. The van der Waals surface area contributed by atoms with Gasteiger partial charge in [-0.3, -0.25) is 4.79 Å². The van der Waals surface area contributed by atoms with Crippen molar-refractivity contribution in [3.8, 4) is 0 Å². The predicted octanol–water partition coefficient (Wildman–Crippen LogP) is 3.55. The second kappa shape index (κ2) is 6.99. The van der Waals surface area contributed by atoms with Crippen molar-refractivity contribution in [2.75, 3.05) is 5.73 Å². The summed E-state index contributed by atoms with van der Waals surface area (Å²) in [5.41, 5.74) is 5.96. The highest BCUT2D eigenvalue weighted by atomic mass is 19.1. The Kier molecular flexibility index (Phi) is 5.62. The Labute approximate surface area is 107 Å². The number of nitrogen functional groups attached to an aromatic ring is 1. The van der Waals surface area contributed by atoms with Gasteiger partial charge in [0.25, 0.3) is 0 Å². The lowest BCUT2D eigenvalue weighted by molar-refractivity contribution is -0.139. The first kappa shape index (κ1) is 14.5.